The van der Waals surface area contributed by atoms with E-state index in [0.717, 1.165) is 24.0 Å². The van der Waals surface area contributed by atoms with Crippen molar-refractivity contribution in [3.05, 3.63) is 65.7 Å². The van der Waals surface area contributed by atoms with Crippen LogP contribution >= 0.6 is 11.8 Å². The molecule has 0 N–H and O–H groups in total. The Morgan fingerprint density at radius 3 is 2.63 bits per heavy atom. The van der Waals surface area contributed by atoms with E-state index in [1.807, 2.05) is 12.1 Å². The number of nitriles is 1. The van der Waals surface area contributed by atoms with Crippen LogP contribution in [-0.2, 0) is 6.42 Å². The van der Waals surface area contributed by atoms with E-state index in [1.54, 1.807) is 11.8 Å². The molecular formula is C17H13NS. The number of hydrogen-bond acceptors (Lipinski definition) is 2. The summed E-state index contributed by atoms with van der Waals surface area (Å²) in [6.07, 6.45) is 4.03. The lowest BCUT2D eigenvalue weighted by atomic mass is 9.92. The van der Waals surface area contributed by atoms with E-state index in [2.05, 4.69) is 48.5 Å². The largest absolute Gasteiger partial charge is 0.192 e. The summed E-state index contributed by atoms with van der Waals surface area (Å²) >= 11 is 1.77. The molecule has 2 heteroatoms. The van der Waals surface area contributed by atoms with Crippen LogP contribution in [0.1, 0.15) is 17.5 Å². The molecule has 0 spiro atoms. The number of hydrogen-bond donors (Lipinski definition) is 0. The second-order valence-electron chi connectivity index (χ2n) is 4.50. The molecule has 0 bridgehead atoms. The highest BCUT2D eigenvalue weighted by molar-refractivity contribution is 7.99. The predicted octanol–water partition coefficient (Wildman–Crippen LogP) is 4.69. The number of benzene rings is 2. The Morgan fingerprint density at radius 2 is 1.84 bits per heavy atom. The van der Waals surface area contributed by atoms with Gasteiger partial charge in [0, 0.05) is 9.79 Å². The minimum Gasteiger partial charge on any atom is -0.192 e. The molecule has 2 aromatic carbocycles. The fraction of sp³-hybridized carbons (Fsp3) is 0.118. The van der Waals surface area contributed by atoms with Gasteiger partial charge in [-0.15, -0.1) is 0 Å². The van der Waals surface area contributed by atoms with Gasteiger partial charge in [0.25, 0.3) is 0 Å². The van der Waals surface area contributed by atoms with E-state index in [9.17, 15) is 0 Å². The quantitative estimate of drug-likeness (QED) is 0.784. The number of fused-ring (bicyclic) bond motifs is 1. The zero-order valence-electron chi connectivity index (χ0n) is 10.5. The molecule has 1 nitrogen and oxygen atoms in total. The van der Waals surface area contributed by atoms with Gasteiger partial charge >= 0.3 is 0 Å². The van der Waals surface area contributed by atoms with Crippen molar-refractivity contribution < 1.29 is 0 Å². The Bertz CT molecular complexity index is 665. The van der Waals surface area contributed by atoms with E-state index in [4.69, 9.17) is 5.26 Å². The van der Waals surface area contributed by atoms with Crippen molar-refractivity contribution in [2.75, 3.05) is 0 Å². The van der Waals surface area contributed by atoms with Crippen molar-refractivity contribution in [1.29, 1.82) is 5.26 Å². The average molecular weight is 263 g/mol. The summed E-state index contributed by atoms with van der Waals surface area (Å²) in [6.45, 7) is 0. The summed E-state index contributed by atoms with van der Waals surface area (Å²) in [7, 11) is 0. The topological polar surface area (TPSA) is 23.8 Å². The van der Waals surface area contributed by atoms with Crippen molar-refractivity contribution in [2.24, 2.45) is 0 Å². The first-order valence-corrected chi connectivity index (χ1v) is 7.15. The highest BCUT2D eigenvalue weighted by Crippen LogP contribution is 2.33. The highest BCUT2D eigenvalue weighted by atomic mass is 32.2. The van der Waals surface area contributed by atoms with E-state index in [1.165, 1.54) is 15.4 Å². The lowest BCUT2D eigenvalue weighted by Gasteiger charge is -2.14. The summed E-state index contributed by atoms with van der Waals surface area (Å²) < 4.78 is 0. The van der Waals surface area contributed by atoms with Crippen LogP contribution in [-0.4, -0.2) is 0 Å². The van der Waals surface area contributed by atoms with Gasteiger partial charge in [-0.3, -0.25) is 0 Å². The molecule has 0 saturated carbocycles. The average Bonchev–Trinajstić information content (AvgIpc) is 2.47. The van der Waals surface area contributed by atoms with E-state index >= 15 is 0 Å². The molecule has 0 atom stereocenters. The molecule has 0 aromatic heterocycles. The fourth-order valence-electron chi connectivity index (χ4n) is 2.32. The summed E-state index contributed by atoms with van der Waals surface area (Å²) in [5, 5.41) is 9.12. The van der Waals surface area contributed by atoms with Crippen molar-refractivity contribution in [1.82, 2.24) is 0 Å². The minimum absolute atomic E-state index is 0.817. The Kier molecular flexibility index (Phi) is 3.39. The van der Waals surface area contributed by atoms with Gasteiger partial charge in [0.05, 0.1) is 11.6 Å². The summed E-state index contributed by atoms with van der Waals surface area (Å²) in [6, 6.07) is 19.1. The minimum atomic E-state index is 0.817. The third-order valence-corrected chi connectivity index (χ3v) is 4.23. The third-order valence-electron chi connectivity index (χ3n) is 3.23. The normalized spacial score (nSPS) is 13.3. The lowest BCUT2D eigenvalue weighted by molar-refractivity contribution is 0.972. The fourth-order valence-corrected chi connectivity index (χ4v) is 3.22. The predicted molar refractivity (Wildman–Crippen MR) is 78.9 cm³/mol. The second kappa shape index (κ2) is 5.34. The second-order valence-corrected chi connectivity index (χ2v) is 5.65. The molecule has 3 rings (SSSR count). The van der Waals surface area contributed by atoms with Gasteiger partial charge < -0.3 is 0 Å². The van der Waals surface area contributed by atoms with Crippen LogP contribution in [0.5, 0.6) is 0 Å². The Hall–Kier alpha value is -1.98. The van der Waals surface area contributed by atoms with E-state index in [0.29, 0.717) is 0 Å². The molecule has 0 radical (unpaired) electrons. The zero-order valence-corrected chi connectivity index (χ0v) is 11.3. The van der Waals surface area contributed by atoms with Gasteiger partial charge in [0.2, 0.25) is 0 Å². The first-order chi connectivity index (χ1) is 9.36. The monoisotopic (exact) mass is 263 g/mol. The molecule has 92 valence electrons. The molecule has 19 heavy (non-hydrogen) atoms. The smallest absolute Gasteiger partial charge is 0.0994 e. The van der Waals surface area contributed by atoms with Crippen LogP contribution in [0.4, 0.5) is 0 Å². The van der Waals surface area contributed by atoms with Crippen molar-refractivity contribution in [3.63, 3.8) is 0 Å². The van der Waals surface area contributed by atoms with Gasteiger partial charge in [0.15, 0.2) is 0 Å². The van der Waals surface area contributed by atoms with Gasteiger partial charge in [-0.1, -0.05) is 42.1 Å². The standard InChI is InChI=1S/C17H13NS/c18-12-14-6-4-5-13-11-16(9-10-17(13)14)19-15-7-2-1-3-8-15/h1-3,6-11H,4-5H2. The molecule has 0 amide bonds. The Balaban J connectivity index is 1.91. The van der Waals surface area contributed by atoms with Crippen LogP contribution in [0.25, 0.3) is 5.57 Å². The molecule has 0 saturated heterocycles. The van der Waals surface area contributed by atoms with Gasteiger partial charge in [-0.2, -0.15) is 5.26 Å². The molecular weight excluding hydrogens is 250 g/mol. The molecule has 0 heterocycles. The third kappa shape index (κ3) is 2.57. The number of allylic oxidation sites excluding steroid dienone is 2. The van der Waals surface area contributed by atoms with Crippen molar-refractivity contribution in [3.8, 4) is 6.07 Å². The highest BCUT2D eigenvalue weighted by Gasteiger charge is 2.12. The van der Waals surface area contributed by atoms with Crippen LogP contribution in [0.15, 0.2) is 64.4 Å². The number of rotatable bonds is 2. The molecule has 2 aromatic rings. The van der Waals surface area contributed by atoms with Gasteiger partial charge in [-0.05, 0) is 48.2 Å². The van der Waals surface area contributed by atoms with E-state index < -0.39 is 0 Å². The first-order valence-electron chi connectivity index (χ1n) is 6.33. The summed E-state index contributed by atoms with van der Waals surface area (Å²) in [4.78, 5) is 2.48. The maximum absolute atomic E-state index is 9.12. The summed E-state index contributed by atoms with van der Waals surface area (Å²) in [5.41, 5.74) is 3.21. The molecule has 0 unspecified atom stereocenters. The maximum Gasteiger partial charge on any atom is 0.0994 e. The van der Waals surface area contributed by atoms with Crippen LogP contribution < -0.4 is 0 Å². The number of nitrogens with zero attached hydrogens (tertiary/aromatic N) is 1. The van der Waals surface area contributed by atoms with Crippen LogP contribution in [0, 0.1) is 11.3 Å². The van der Waals surface area contributed by atoms with E-state index in [-0.39, 0.29) is 0 Å². The zero-order chi connectivity index (χ0) is 13.1. The van der Waals surface area contributed by atoms with Gasteiger partial charge in [-0.25, -0.2) is 0 Å². The summed E-state index contributed by atoms with van der Waals surface area (Å²) in [5.74, 6) is 0. The Labute approximate surface area is 117 Å². The van der Waals surface area contributed by atoms with Crippen molar-refractivity contribution in [2.45, 2.75) is 22.6 Å². The maximum atomic E-state index is 9.12. The lowest BCUT2D eigenvalue weighted by Crippen LogP contribution is -1.98. The molecule has 1 aliphatic rings. The van der Waals surface area contributed by atoms with Crippen molar-refractivity contribution >= 4 is 17.3 Å². The SMILES string of the molecule is N#CC1=CCCc2cc(Sc3ccccc3)ccc21. The number of aryl methyl sites for hydroxylation is 1. The van der Waals surface area contributed by atoms with Gasteiger partial charge in [0.1, 0.15) is 0 Å². The molecule has 0 fully saturated rings. The molecule has 0 aliphatic heterocycles. The molecule has 1 aliphatic carbocycles. The Morgan fingerprint density at radius 1 is 1.00 bits per heavy atom. The van der Waals surface area contributed by atoms with Crippen LogP contribution in [0.2, 0.25) is 0 Å². The van der Waals surface area contributed by atoms with Crippen LogP contribution in [0.3, 0.4) is 0 Å². The first kappa shape index (κ1) is 12.1.